The van der Waals surface area contributed by atoms with E-state index >= 15 is 0 Å². The second-order valence-corrected chi connectivity index (χ2v) is 5.10. The molecule has 0 saturated carbocycles. The van der Waals surface area contributed by atoms with E-state index in [0.717, 1.165) is 0 Å². The fourth-order valence-corrected chi connectivity index (χ4v) is 2.40. The van der Waals surface area contributed by atoms with Crippen molar-refractivity contribution in [2.45, 2.75) is 0 Å². The van der Waals surface area contributed by atoms with Crippen molar-refractivity contribution in [1.82, 2.24) is 9.97 Å². The first-order chi connectivity index (χ1) is 9.58. The van der Waals surface area contributed by atoms with Crippen LogP contribution in [0, 0.1) is 0 Å². The van der Waals surface area contributed by atoms with Crippen LogP contribution in [0.1, 0.15) is 15.9 Å². The van der Waals surface area contributed by atoms with Gasteiger partial charge in [-0.15, -0.1) is 0 Å². The number of pyridine rings is 1. The van der Waals surface area contributed by atoms with Crippen LogP contribution < -0.4 is 5.73 Å². The predicted molar refractivity (Wildman–Crippen MR) is 80.4 cm³/mol. The van der Waals surface area contributed by atoms with Crippen molar-refractivity contribution in [3.05, 3.63) is 57.8 Å². The van der Waals surface area contributed by atoms with Crippen LogP contribution in [-0.4, -0.2) is 15.8 Å². The van der Waals surface area contributed by atoms with Crippen molar-refractivity contribution in [3.63, 3.8) is 0 Å². The van der Waals surface area contributed by atoms with Crippen molar-refractivity contribution in [2.24, 2.45) is 0 Å². The van der Waals surface area contributed by atoms with Gasteiger partial charge in [-0.05, 0) is 24.3 Å². The number of hydrogen-bond acceptors (Lipinski definition) is 3. The minimum absolute atomic E-state index is 0.186. The number of benzene rings is 1. The van der Waals surface area contributed by atoms with Crippen molar-refractivity contribution < 1.29 is 4.79 Å². The molecule has 0 amide bonds. The number of nitrogens with two attached hydrogens (primary N) is 1. The van der Waals surface area contributed by atoms with Gasteiger partial charge in [0.15, 0.2) is 5.78 Å². The average Bonchev–Trinajstić information content (AvgIpc) is 2.86. The Balaban J connectivity index is 2.15. The van der Waals surface area contributed by atoms with Crippen LogP contribution in [0.4, 0.5) is 5.69 Å². The Hall–Kier alpha value is -2.04. The number of anilines is 1. The van der Waals surface area contributed by atoms with Gasteiger partial charge in [0.2, 0.25) is 0 Å². The number of ketones is 1. The second kappa shape index (κ2) is 4.81. The first kappa shape index (κ1) is 13.0. The Kier molecular flexibility index (Phi) is 3.12. The second-order valence-electron chi connectivity index (χ2n) is 4.28. The molecule has 0 unspecified atom stereocenters. The van der Waals surface area contributed by atoms with Gasteiger partial charge in [0, 0.05) is 23.3 Å². The molecule has 100 valence electrons. The van der Waals surface area contributed by atoms with Gasteiger partial charge >= 0.3 is 0 Å². The molecule has 0 aliphatic heterocycles. The van der Waals surface area contributed by atoms with Crippen LogP contribution in [0.2, 0.25) is 10.0 Å². The Morgan fingerprint density at radius 1 is 1.20 bits per heavy atom. The predicted octanol–water partition coefficient (Wildman–Crippen LogP) is 3.68. The molecule has 3 rings (SSSR count). The number of aromatic amines is 1. The Morgan fingerprint density at radius 2 is 2.00 bits per heavy atom. The summed E-state index contributed by atoms with van der Waals surface area (Å²) in [6.07, 6.45) is 3.17. The topological polar surface area (TPSA) is 71.8 Å². The van der Waals surface area contributed by atoms with E-state index in [1.54, 1.807) is 36.7 Å². The molecular weight excluding hydrogens is 297 g/mol. The minimum atomic E-state index is -0.186. The Labute approximate surface area is 124 Å². The summed E-state index contributed by atoms with van der Waals surface area (Å²) in [5.74, 6) is -0.186. The number of nitrogens with zero attached hydrogens (tertiary/aromatic N) is 1. The number of carbonyl (C=O) groups is 1. The van der Waals surface area contributed by atoms with E-state index in [2.05, 4.69) is 9.97 Å². The zero-order chi connectivity index (χ0) is 14.3. The number of aromatic nitrogens is 2. The molecule has 0 aliphatic carbocycles. The summed E-state index contributed by atoms with van der Waals surface area (Å²) < 4.78 is 0. The fraction of sp³-hybridized carbons (Fsp3) is 0. The van der Waals surface area contributed by atoms with Gasteiger partial charge in [0.05, 0.1) is 21.3 Å². The van der Waals surface area contributed by atoms with E-state index in [0.29, 0.717) is 37.9 Å². The number of H-pyrrole nitrogens is 1. The van der Waals surface area contributed by atoms with E-state index < -0.39 is 0 Å². The number of rotatable bonds is 2. The molecule has 0 atom stereocenters. The molecule has 3 aromatic rings. The van der Waals surface area contributed by atoms with Gasteiger partial charge in [-0.1, -0.05) is 23.2 Å². The molecule has 3 N–H and O–H groups in total. The smallest absolute Gasteiger partial charge is 0.195 e. The summed E-state index contributed by atoms with van der Waals surface area (Å²) >= 11 is 12.0. The summed E-state index contributed by atoms with van der Waals surface area (Å²) in [5.41, 5.74) is 7.57. The number of hydrogen-bond donors (Lipinski definition) is 2. The van der Waals surface area contributed by atoms with Crippen LogP contribution in [0.25, 0.3) is 11.0 Å². The number of nitrogen functional groups attached to an aromatic ring is 1. The third kappa shape index (κ3) is 2.03. The van der Waals surface area contributed by atoms with Crippen LogP contribution in [0.15, 0.2) is 36.7 Å². The molecular formula is C14H9Cl2N3O. The first-order valence-corrected chi connectivity index (χ1v) is 6.55. The van der Waals surface area contributed by atoms with Crippen molar-refractivity contribution in [2.75, 3.05) is 5.73 Å². The van der Waals surface area contributed by atoms with Crippen LogP contribution in [-0.2, 0) is 0 Å². The first-order valence-electron chi connectivity index (χ1n) is 5.79. The lowest BCUT2D eigenvalue weighted by atomic mass is 10.0. The summed E-state index contributed by atoms with van der Waals surface area (Å²) in [6, 6.07) is 6.42. The van der Waals surface area contributed by atoms with Gasteiger partial charge in [-0.2, -0.15) is 0 Å². The van der Waals surface area contributed by atoms with Crippen LogP contribution in [0.3, 0.4) is 0 Å². The number of nitrogens with one attached hydrogen (secondary N) is 1. The Morgan fingerprint density at radius 3 is 2.75 bits per heavy atom. The van der Waals surface area contributed by atoms with Gasteiger partial charge < -0.3 is 10.7 Å². The van der Waals surface area contributed by atoms with E-state index in [9.17, 15) is 4.79 Å². The van der Waals surface area contributed by atoms with Crippen molar-refractivity contribution >= 4 is 45.7 Å². The highest BCUT2D eigenvalue weighted by Gasteiger charge is 2.17. The molecule has 0 spiro atoms. The summed E-state index contributed by atoms with van der Waals surface area (Å²) in [5, 5.41) is 1.49. The molecule has 4 nitrogen and oxygen atoms in total. The SMILES string of the molecule is Nc1cc(C(=O)c2c[nH]c3nccc(Cl)c23)ccc1Cl. The molecule has 6 heteroatoms. The lowest BCUT2D eigenvalue weighted by Gasteiger charge is -2.03. The lowest BCUT2D eigenvalue weighted by molar-refractivity contribution is 0.104. The van der Waals surface area contributed by atoms with Gasteiger partial charge in [0.25, 0.3) is 0 Å². The van der Waals surface area contributed by atoms with Crippen molar-refractivity contribution in [1.29, 1.82) is 0 Å². The molecule has 2 aromatic heterocycles. The standard InChI is InChI=1S/C14H9Cl2N3O/c15-9-2-1-7(5-11(9)17)13(20)8-6-19-14-12(8)10(16)3-4-18-14/h1-6H,17H2,(H,18,19). The number of halogens is 2. The highest BCUT2D eigenvalue weighted by atomic mass is 35.5. The zero-order valence-electron chi connectivity index (χ0n) is 10.2. The Bertz CT molecular complexity index is 826. The number of carbonyl (C=O) groups excluding carboxylic acids is 1. The average molecular weight is 306 g/mol. The summed E-state index contributed by atoms with van der Waals surface area (Å²) in [7, 11) is 0. The lowest BCUT2D eigenvalue weighted by Crippen LogP contribution is -2.02. The normalized spacial score (nSPS) is 10.9. The molecule has 20 heavy (non-hydrogen) atoms. The van der Waals surface area contributed by atoms with E-state index in [1.165, 1.54) is 0 Å². The van der Waals surface area contributed by atoms with E-state index in [1.807, 2.05) is 0 Å². The van der Waals surface area contributed by atoms with Crippen LogP contribution >= 0.6 is 23.2 Å². The van der Waals surface area contributed by atoms with Gasteiger partial charge in [-0.3, -0.25) is 4.79 Å². The number of fused-ring (bicyclic) bond motifs is 1. The molecule has 2 heterocycles. The maximum Gasteiger partial charge on any atom is 0.195 e. The largest absolute Gasteiger partial charge is 0.398 e. The third-order valence-corrected chi connectivity index (χ3v) is 3.68. The van der Waals surface area contributed by atoms with E-state index in [-0.39, 0.29) is 5.78 Å². The van der Waals surface area contributed by atoms with Gasteiger partial charge in [0.1, 0.15) is 5.65 Å². The third-order valence-electron chi connectivity index (χ3n) is 3.03. The van der Waals surface area contributed by atoms with Crippen molar-refractivity contribution in [3.8, 4) is 0 Å². The minimum Gasteiger partial charge on any atom is -0.398 e. The highest BCUT2D eigenvalue weighted by molar-refractivity contribution is 6.37. The summed E-state index contributed by atoms with van der Waals surface area (Å²) in [6.45, 7) is 0. The fourth-order valence-electron chi connectivity index (χ4n) is 2.04. The molecule has 0 bridgehead atoms. The summed E-state index contributed by atoms with van der Waals surface area (Å²) in [4.78, 5) is 19.6. The molecule has 1 aromatic carbocycles. The molecule has 0 fully saturated rings. The molecule has 0 radical (unpaired) electrons. The van der Waals surface area contributed by atoms with Gasteiger partial charge in [-0.25, -0.2) is 4.98 Å². The van der Waals surface area contributed by atoms with E-state index in [4.69, 9.17) is 28.9 Å². The monoisotopic (exact) mass is 305 g/mol. The molecule has 0 saturated heterocycles. The maximum atomic E-state index is 12.5. The quantitative estimate of drug-likeness (QED) is 0.560. The maximum absolute atomic E-state index is 12.5. The zero-order valence-corrected chi connectivity index (χ0v) is 11.7. The molecule has 0 aliphatic rings. The highest BCUT2D eigenvalue weighted by Crippen LogP contribution is 2.28. The van der Waals surface area contributed by atoms with Crippen LogP contribution in [0.5, 0.6) is 0 Å².